The molecule has 23 heavy (non-hydrogen) atoms. The molecule has 1 rings (SSSR count). The molecule has 0 heterocycles. The zero-order chi connectivity index (χ0) is 17.7. The van der Waals surface area contributed by atoms with Crippen LogP contribution >= 0.6 is 0 Å². The van der Waals surface area contributed by atoms with Crippen LogP contribution in [-0.2, 0) is 9.59 Å². The molecule has 130 valence electrons. The zero-order valence-corrected chi connectivity index (χ0v) is 14.1. The Bertz CT molecular complexity index is 456. The van der Waals surface area contributed by atoms with Crippen molar-refractivity contribution >= 4 is 11.9 Å². The van der Waals surface area contributed by atoms with E-state index in [4.69, 9.17) is 24.5 Å². The number of carboxylic acid groups (broad SMARTS) is 2. The maximum Gasteiger partial charge on any atom is 0.414 e. The summed E-state index contributed by atoms with van der Waals surface area (Å²) >= 11 is 0. The van der Waals surface area contributed by atoms with Crippen molar-refractivity contribution in [1.29, 1.82) is 0 Å². The maximum atomic E-state index is 9.10. The highest BCUT2D eigenvalue weighted by Crippen LogP contribution is 2.22. The summed E-state index contributed by atoms with van der Waals surface area (Å²) in [5.41, 5.74) is 2.45. The third kappa shape index (κ3) is 10.3. The van der Waals surface area contributed by atoms with E-state index in [1.54, 1.807) is 0 Å². The van der Waals surface area contributed by atoms with Gasteiger partial charge >= 0.3 is 11.9 Å². The Balaban J connectivity index is 0.000000688. The molecule has 0 atom stereocenters. The van der Waals surface area contributed by atoms with E-state index in [9.17, 15) is 0 Å². The van der Waals surface area contributed by atoms with Gasteiger partial charge in [0.05, 0.1) is 6.61 Å². The van der Waals surface area contributed by atoms with Crippen LogP contribution < -0.4 is 10.1 Å². The number of rotatable bonds is 8. The molecule has 0 unspecified atom stereocenters. The van der Waals surface area contributed by atoms with E-state index in [0.717, 1.165) is 31.9 Å². The van der Waals surface area contributed by atoms with E-state index >= 15 is 0 Å². The molecule has 6 nitrogen and oxygen atoms in total. The highest BCUT2D eigenvalue weighted by Gasteiger charge is 2.04. The van der Waals surface area contributed by atoms with Crippen LogP contribution in [0.2, 0.25) is 0 Å². The molecule has 0 saturated heterocycles. The monoisotopic (exact) mass is 325 g/mol. The maximum absolute atomic E-state index is 9.10. The second-order valence-corrected chi connectivity index (χ2v) is 5.14. The molecular weight excluding hydrogens is 298 g/mol. The minimum atomic E-state index is -1.82. The predicted octanol–water partition coefficient (Wildman–Crippen LogP) is 2.62. The summed E-state index contributed by atoms with van der Waals surface area (Å²) in [6.45, 7) is 9.38. The van der Waals surface area contributed by atoms with Crippen molar-refractivity contribution in [1.82, 2.24) is 5.32 Å². The van der Waals surface area contributed by atoms with Gasteiger partial charge in [0.2, 0.25) is 0 Å². The third-order valence-electron chi connectivity index (χ3n) is 3.04. The average Bonchev–Trinajstić information content (AvgIpc) is 2.49. The summed E-state index contributed by atoms with van der Waals surface area (Å²) in [5, 5.41) is 18.2. The number of aliphatic carboxylic acids is 2. The van der Waals surface area contributed by atoms with Crippen LogP contribution in [0.4, 0.5) is 0 Å². The van der Waals surface area contributed by atoms with Gasteiger partial charge in [-0.3, -0.25) is 0 Å². The van der Waals surface area contributed by atoms with Crippen LogP contribution in [0.15, 0.2) is 18.2 Å². The topological polar surface area (TPSA) is 95.9 Å². The molecule has 1 aromatic rings. The van der Waals surface area contributed by atoms with Gasteiger partial charge in [0, 0.05) is 0 Å². The van der Waals surface area contributed by atoms with Gasteiger partial charge < -0.3 is 20.3 Å². The number of benzene rings is 1. The van der Waals surface area contributed by atoms with Gasteiger partial charge in [0.15, 0.2) is 0 Å². The first-order chi connectivity index (χ1) is 10.9. The van der Waals surface area contributed by atoms with Crippen LogP contribution in [0.3, 0.4) is 0 Å². The average molecular weight is 325 g/mol. The highest BCUT2D eigenvalue weighted by molar-refractivity contribution is 6.27. The van der Waals surface area contributed by atoms with E-state index in [2.05, 4.69) is 44.3 Å². The Morgan fingerprint density at radius 3 is 2.04 bits per heavy atom. The zero-order valence-electron chi connectivity index (χ0n) is 14.1. The van der Waals surface area contributed by atoms with Gasteiger partial charge in [0.1, 0.15) is 5.75 Å². The molecule has 0 aliphatic heterocycles. The normalized spacial score (nSPS) is 9.70. The van der Waals surface area contributed by atoms with E-state index in [1.807, 2.05) is 0 Å². The molecule has 1 aromatic carbocycles. The number of nitrogens with one attached hydrogen (secondary N) is 1. The minimum Gasteiger partial charge on any atom is -0.493 e. The van der Waals surface area contributed by atoms with E-state index in [1.165, 1.54) is 24.0 Å². The molecule has 0 aliphatic rings. The number of ether oxygens (including phenoxy) is 1. The first-order valence-electron chi connectivity index (χ1n) is 7.76. The van der Waals surface area contributed by atoms with Crippen molar-refractivity contribution in [2.75, 3.05) is 19.7 Å². The molecule has 0 bridgehead atoms. The van der Waals surface area contributed by atoms with E-state index in [-0.39, 0.29) is 0 Å². The SMILES string of the molecule is CCCCNCCCOc1c(C)cccc1C.O=C(O)C(=O)O. The lowest BCUT2D eigenvalue weighted by molar-refractivity contribution is -0.159. The predicted molar refractivity (Wildman–Crippen MR) is 89.1 cm³/mol. The number of carbonyl (C=O) groups is 2. The first kappa shape index (κ1) is 20.9. The van der Waals surface area contributed by atoms with Gasteiger partial charge in [-0.15, -0.1) is 0 Å². The fourth-order valence-corrected chi connectivity index (χ4v) is 1.83. The molecule has 6 heteroatoms. The number of hydrogen-bond acceptors (Lipinski definition) is 4. The van der Waals surface area contributed by atoms with E-state index < -0.39 is 11.9 Å². The van der Waals surface area contributed by atoms with Gasteiger partial charge in [-0.25, -0.2) is 9.59 Å². The van der Waals surface area contributed by atoms with Gasteiger partial charge in [-0.1, -0.05) is 31.5 Å². The quantitative estimate of drug-likeness (QED) is 0.502. The Hall–Kier alpha value is -2.08. The van der Waals surface area contributed by atoms with Crippen LogP contribution in [0.25, 0.3) is 0 Å². The Morgan fingerprint density at radius 2 is 1.57 bits per heavy atom. The lowest BCUT2D eigenvalue weighted by Gasteiger charge is -2.12. The molecule has 0 aromatic heterocycles. The summed E-state index contributed by atoms with van der Waals surface area (Å²) in [6.07, 6.45) is 3.58. The first-order valence-corrected chi connectivity index (χ1v) is 7.76. The molecule has 0 amide bonds. The van der Waals surface area contributed by atoms with Crippen molar-refractivity contribution in [3.05, 3.63) is 29.3 Å². The van der Waals surface area contributed by atoms with Crippen LogP contribution in [0.1, 0.15) is 37.3 Å². The minimum absolute atomic E-state index is 0.796. The molecule has 0 aliphatic carbocycles. The van der Waals surface area contributed by atoms with Gasteiger partial charge in [-0.2, -0.15) is 0 Å². The molecule has 0 fully saturated rings. The van der Waals surface area contributed by atoms with Crippen LogP contribution in [0.5, 0.6) is 5.75 Å². The fourth-order valence-electron chi connectivity index (χ4n) is 1.83. The van der Waals surface area contributed by atoms with E-state index in [0.29, 0.717) is 0 Å². The number of carboxylic acids is 2. The number of para-hydroxylation sites is 1. The fraction of sp³-hybridized carbons (Fsp3) is 0.529. The summed E-state index contributed by atoms with van der Waals surface area (Å²) in [6, 6.07) is 6.27. The lowest BCUT2D eigenvalue weighted by atomic mass is 10.1. The van der Waals surface area contributed by atoms with Crippen molar-refractivity contribution in [2.24, 2.45) is 0 Å². The molecule has 0 saturated carbocycles. The molecule has 0 spiro atoms. The Kier molecular flexibility index (Phi) is 11.3. The standard InChI is InChI=1S/C15H25NO.C2H2O4/c1-4-5-10-16-11-7-12-17-15-13(2)8-6-9-14(15)3;3-1(4)2(5)6/h6,8-9,16H,4-5,7,10-12H2,1-3H3;(H,3,4)(H,5,6). The van der Waals surface area contributed by atoms with Crippen LogP contribution in [-0.4, -0.2) is 41.8 Å². The van der Waals surface area contributed by atoms with Crippen molar-refractivity contribution < 1.29 is 24.5 Å². The second kappa shape index (κ2) is 12.5. The van der Waals surface area contributed by atoms with Gasteiger partial charge in [0.25, 0.3) is 0 Å². The van der Waals surface area contributed by atoms with Crippen molar-refractivity contribution in [3.8, 4) is 5.75 Å². The lowest BCUT2D eigenvalue weighted by Crippen LogP contribution is -2.18. The molecule has 3 N–H and O–H groups in total. The Labute approximate surface area is 137 Å². The highest BCUT2D eigenvalue weighted by atomic mass is 16.5. The summed E-state index contributed by atoms with van der Waals surface area (Å²) in [5.74, 6) is -2.59. The van der Waals surface area contributed by atoms with Crippen LogP contribution in [0, 0.1) is 13.8 Å². The number of aryl methyl sites for hydroxylation is 2. The molecular formula is C17H27NO5. The summed E-state index contributed by atoms with van der Waals surface area (Å²) < 4.78 is 5.83. The second-order valence-electron chi connectivity index (χ2n) is 5.14. The third-order valence-corrected chi connectivity index (χ3v) is 3.04. The van der Waals surface area contributed by atoms with Crippen molar-refractivity contribution in [3.63, 3.8) is 0 Å². The Morgan fingerprint density at radius 1 is 1.04 bits per heavy atom. The summed E-state index contributed by atoms with van der Waals surface area (Å²) in [7, 11) is 0. The number of unbranched alkanes of at least 4 members (excludes halogenated alkanes) is 1. The summed E-state index contributed by atoms with van der Waals surface area (Å²) in [4.78, 5) is 18.2. The number of hydrogen-bond donors (Lipinski definition) is 3. The van der Waals surface area contributed by atoms with Gasteiger partial charge in [-0.05, 0) is 50.9 Å². The van der Waals surface area contributed by atoms with Crippen molar-refractivity contribution in [2.45, 2.75) is 40.0 Å². The molecule has 0 radical (unpaired) electrons. The smallest absolute Gasteiger partial charge is 0.414 e. The largest absolute Gasteiger partial charge is 0.493 e.